The van der Waals surface area contributed by atoms with Crippen LogP contribution in [0, 0.1) is 17.8 Å². The Labute approximate surface area is 131 Å². The van der Waals surface area contributed by atoms with Crippen molar-refractivity contribution in [2.75, 3.05) is 7.11 Å². The molecule has 2 rings (SSSR count). The van der Waals surface area contributed by atoms with Crippen LogP contribution in [-0.2, 0) is 0 Å². The highest BCUT2D eigenvalue weighted by molar-refractivity contribution is 5.34. The van der Waals surface area contributed by atoms with Crippen LogP contribution in [0.1, 0.15) is 52.0 Å². The normalized spacial score (nSPS) is 35.9. The summed E-state index contributed by atoms with van der Waals surface area (Å²) in [5, 5.41) is 21.1. The fraction of sp³-hybridized carbons (Fsp3) is 0.706. The minimum Gasteiger partial charge on any atom is -0.507 e. The van der Waals surface area contributed by atoms with Crippen molar-refractivity contribution >= 4 is 0 Å². The maximum Gasteiger partial charge on any atom is 0.290 e. The third-order valence-electron chi connectivity index (χ3n) is 5.27. The number of pyridine rings is 1. The fourth-order valence-corrected chi connectivity index (χ4v) is 4.15. The van der Waals surface area contributed by atoms with Gasteiger partial charge in [0.15, 0.2) is 0 Å². The maximum atomic E-state index is 12.6. The number of rotatable bonds is 2. The van der Waals surface area contributed by atoms with E-state index in [1.807, 2.05) is 13.8 Å². The van der Waals surface area contributed by atoms with E-state index in [9.17, 15) is 15.0 Å². The lowest BCUT2D eigenvalue weighted by atomic mass is 9.72. The van der Waals surface area contributed by atoms with E-state index in [1.165, 1.54) is 19.4 Å². The van der Waals surface area contributed by atoms with Crippen LogP contribution in [0.4, 0.5) is 0 Å². The van der Waals surface area contributed by atoms with E-state index in [1.54, 1.807) is 0 Å². The van der Waals surface area contributed by atoms with Crippen molar-refractivity contribution in [3.63, 3.8) is 0 Å². The lowest BCUT2D eigenvalue weighted by Crippen LogP contribution is -2.39. The summed E-state index contributed by atoms with van der Waals surface area (Å²) < 4.78 is 1.12. The second-order valence-corrected chi connectivity index (χ2v) is 7.12. The Morgan fingerprint density at radius 1 is 1.36 bits per heavy atom. The van der Waals surface area contributed by atoms with Crippen molar-refractivity contribution in [1.82, 2.24) is 4.73 Å². The first-order valence-electron chi connectivity index (χ1n) is 7.90. The zero-order valence-electron chi connectivity index (χ0n) is 14.0. The Morgan fingerprint density at radius 3 is 2.59 bits per heavy atom. The molecule has 0 saturated heterocycles. The molecule has 1 heterocycles. The van der Waals surface area contributed by atoms with Crippen molar-refractivity contribution in [3.8, 4) is 5.75 Å². The molecule has 0 amide bonds. The van der Waals surface area contributed by atoms with Crippen molar-refractivity contribution in [1.29, 1.82) is 0 Å². The van der Waals surface area contributed by atoms with E-state index in [4.69, 9.17) is 4.84 Å². The molecule has 1 aliphatic rings. The fourth-order valence-electron chi connectivity index (χ4n) is 4.15. The van der Waals surface area contributed by atoms with E-state index in [-0.39, 0.29) is 29.1 Å². The van der Waals surface area contributed by atoms with Crippen LogP contribution in [0.15, 0.2) is 17.1 Å². The minimum atomic E-state index is -0.874. The van der Waals surface area contributed by atoms with Crippen LogP contribution < -0.4 is 10.4 Å². The molecule has 0 aliphatic heterocycles. The van der Waals surface area contributed by atoms with Crippen LogP contribution in [0.3, 0.4) is 0 Å². The van der Waals surface area contributed by atoms with Gasteiger partial charge in [0.1, 0.15) is 12.9 Å². The molecule has 1 fully saturated rings. The summed E-state index contributed by atoms with van der Waals surface area (Å²) >= 11 is 0. The second kappa shape index (κ2) is 5.95. The molecule has 124 valence electrons. The third kappa shape index (κ3) is 2.86. The molecule has 1 saturated carbocycles. The molecule has 2 N–H and O–H groups in total. The van der Waals surface area contributed by atoms with E-state index in [2.05, 4.69) is 13.8 Å². The van der Waals surface area contributed by atoms with E-state index < -0.39 is 5.60 Å². The Kier molecular flexibility index (Phi) is 4.57. The van der Waals surface area contributed by atoms with Crippen molar-refractivity contribution in [3.05, 3.63) is 28.2 Å². The molecule has 22 heavy (non-hydrogen) atoms. The van der Waals surface area contributed by atoms with Gasteiger partial charge in [0.2, 0.25) is 0 Å². The van der Waals surface area contributed by atoms with Gasteiger partial charge in [0.05, 0.1) is 17.4 Å². The summed E-state index contributed by atoms with van der Waals surface area (Å²) in [5.74, 6) is 0.180. The van der Waals surface area contributed by atoms with Gasteiger partial charge in [-0.05, 0) is 37.5 Å². The molecular formula is C17H27NO4. The number of aromatic hydroxyl groups is 1. The highest BCUT2D eigenvalue weighted by atomic mass is 16.6. The van der Waals surface area contributed by atoms with Crippen molar-refractivity contribution in [2.45, 2.75) is 52.1 Å². The first-order valence-corrected chi connectivity index (χ1v) is 7.90. The van der Waals surface area contributed by atoms with Crippen LogP contribution in [-0.4, -0.2) is 27.7 Å². The predicted octanol–water partition coefficient (Wildman–Crippen LogP) is 2.15. The van der Waals surface area contributed by atoms with Crippen molar-refractivity contribution < 1.29 is 15.1 Å². The highest BCUT2D eigenvalue weighted by Gasteiger charge is 2.44. The highest BCUT2D eigenvalue weighted by Crippen LogP contribution is 2.47. The number of hydrogen-bond donors (Lipinski definition) is 2. The summed E-state index contributed by atoms with van der Waals surface area (Å²) in [7, 11) is 1.42. The summed E-state index contributed by atoms with van der Waals surface area (Å²) in [6.45, 7) is 8.00. The standard InChI is InChI=1S/C17H27NO4/c1-10-8-11(2)14(12(3)17(4,21)9-10)15-13(19)6-7-18(22-5)16(15)20/h6-7,10-12,14,19,21H,8-9H2,1-5H3/t10-,11+,12+,14-,17+/m1/s1. The second-order valence-electron chi connectivity index (χ2n) is 7.12. The van der Waals surface area contributed by atoms with Crippen LogP contribution >= 0.6 is 0 Å². The molecule has 0 aromatic carbocycles. The Morgan fingerprint density at radius 2 is 2.00 bits per heavy atom. The number of hydrogen-bond acceptors (Lipinski definition) is 4. The van der Waals surface area contributed by atoms with Crippen molar-refractivity contribution in [2.24, 2.45) is 17.8 Å². The molecule has 5 nitrogen and oxygen atoms in total. The average Bonchev–Trinajstić information content (AvgIpc) is 2.48. The van der Waals surface area contributed by atoms with Gasteiger partial charge in [-0.3, -0.25) is 4.79 Å². The van der Waals surface area contributed by atoms with Gasteiger partial charge < -0.3 is 15.1 Å². The maximum absolute atomic E-state index is 12.6. The van der Waals surface area contributed by atoms with Gasteiger partial charge in [-0.2, -0.15) is 4.73 Å². The number of nitrogens with zero attached hydrogens (tertiary/aromatic N) is 1. The predicted molar refractivity (Wildman–Crippen MR) is 85.0 cm³/mol. The molecule has 1 aromatic heterocycles. The molecule has 0 unspecified atom stereocenters. The quantitative estimate of drug-likeness (QED) is 0.821. The van der Waals surface area contributed by atoms with Crippen LogP contribution in [0.5, 0.6) is 5.75 Å². The average molecular weight is 309 g/mol. The summed E-state index contributed by atoms with van der Waals surface area (Å²) in [5.41, 5.74) is -0.878. The van der Waals surface area contributed by atoms with Gasteiger partial charge in [0, 0.05) is 12.0 Å². The van der Waals surface area contributed by atoms with E-state index >= 15 is 0 Å². The molecular weight excluding hydrogens is 282 g/mol. The Hall–Kier alpha value is -1.49. The Balaban J connectivity index is 2.60. The van der Waals surface area contributed by atoms with E-state index in [0.29, 0.717) is 17.9 Å². The summed E-state index contributed by atoms with van der Waals surface area (Å²) in [4.78, 5) is 17.6. The molecule has 1 aromatic rings. The van der Waals surface area contributed by atoms with Crippen LogP contribution in [0.25, 0.3) is 0 Å². The molecule has 5 heteroatoms. The first kappa shape index (κ1) is 16.9. The van der Waals surface area contributed by atoms with Gasteiger partial charge in [-0.25, -0.2) is 0 Å². The monoisotopic (exact) mass is 309 g/mol. The molecule has 1 aliphatic carbocycles. The molecule has 0 radical (unpaired) electrons. The van der Waals surface area contributed by atoms with Gasteiger partial charge in [-0.15, -0.1) is 0 Å². The Bertz CT molecular complexity index is 593. The lowest BCUT2D eigenvalue weighted by molar-refractivity contribution is -0.0169. The largest absolute Gasteiger partial charge is 0.507 e. The van der Waals surface area contributed by atoms with Gasteiger partial charge in [-0.1, -0.05) is 20.8 Å². The number of aromatic nitrogens is 1. The zero-order chi connectivity index (χ0) is 16.7. The summed E-state index contributed by atoms with van der Waals surface area (Å²) in [6.07, 6.45) is 3.01. The molecule has 5 atom stereocenters. The SMILES string of the molecule is COn1ccc(O)c([C@@H]2[C@@H](C)C[C@@H](C)C[C@](C)(O)[C@H]2C)c1=O. The minimum absolute atomic E-state index is 0.0210. The topological polar surface area (TPSA) is 71.7 Å². The van der Waals surface area contributed by atoms with E-state index in [0.717, 1.165) is 11.2 Å². The van der Waals surface area contributed by atoms with Gasteiger partial charge in [0.25, 0.3) is 5.56 Å². The lowest BCUT2D eigenvalue weighted by Gasteiger charge is -2.36. The zero-order valence-corrected chi connectivity index (χ0v) is 14.0. The summed E-state index contributed by atoms with van der Waals surface area (Å²) in [6, 6.07) is 1.47. The van der Waals surface area contributed by atoms with Crippen LogP contribution in [0.2, 0.25) is 0 Å². The third-order valence-corrected chi connectivity index (χ3v) is 5.27. The molecule has 0 bridgehead atoms. The first-order chi connectivity index (χ1) is 10.2. The molecule has 0 spiro atoms. The smallest absolute Gasteiger partial charge is 0.290 e. The van der Waals surface area contributed by atoms with Gasteiger partial charge >= 0.3 is 0 Å². The number of aliphatic hydroxyl groups is 1.